The molecule has 2 aliphatic rings. The van der Waals surface area contributed by atoms with Crippen LogP contribution in [0.1, 0.15) is 12.0 Å². The topological polar surface area (TPSA) is 59.9 Å². The number of aliphatic imine (C=N–C) groups is 1. The first-order valence-electron chi connectivity index (χ1n) is 9.46. The van der Waals surface area contributed by atoms with Gasteiger partial charge < -0.3 is 9.47 Å². The summed E-state index contributed by atoms with van der Waals surface area (Å²) in [7, 11) is -1.19. The molecule has 1 aromatic rings. The maximum atomic E-state index is 14.5. The highest BCUT2D eigenvalue weighted by Gasteiger charge is 2.59. The van der Waals surface area contributed by atoms with Crippen LogP contribution in [-0.4, -0.2) is 44.7 Å². The smallest absolute Gasteiger partial charge is 0.385 e. The van der Waals surface area contributed by atoms with Crippen molar-refractivity contribution in [2.45, 2.75) is 42.9 Å². The van der Waals surface area contributed by atoms with Crippen molar-refractivity contribution in [2.24, 2.45) is 10.9 Å². The molecular weight excluding hydrogens is 482 g/mol. The molecule has 0 saturated heterocycles. The number of hydrogen-bond donors (Lipinski definition) is 1. The standard InChI is InChI=1S/C19H25BrF2N2O3SSi/c1-29(2,3)7-6-26-11-23-17(25)27-18-24-19(10-21,14-9-16(14)28-18)13-8-12(20)4-5-15(13)22/h4-5,8,14,16H,6-7,9-11H2,1-3H3,(H,23,25)/t14-,16+,19-/m1/s1. The van der Waals surface area contributed by atoms with Gasteiger partial charge in [0.25, 0.3) is 5.23 Å². The number of thioether (sulfide) groups is 1. The van der Waals surface area contributed by atoms with Crippen LogP contribution in [0.5, 0.6) is 0 Å². The zero-order valence-corrected chi connectivity index (χ0v) is 20.0. The number of rotatable bonds is 7. The molecule has 1 fully saturated rings. The van der Waals surface area contributed by atoms with Crippen LogP contribution in [0.2, 0.25) is 25.7 Å². The molecule has 1 N–H and O–H groups in total. The molecule has 3 atom stereocenters. The zero-order valence-electron chi connectivity index (χ0n) is 16.6. The van der Waals surface area contributed by atoms with Crippen LogP contribution in [0, 0.1) is 11.7 Å². The normalized spacial score (nSPS) is 25.8. The lowest BCUT2D eigenvalue weighted by atomic mass is 9.86. The Balaban J connectivity index is 1.65. The number of hydrogen-bond acceptors (Lipinski definition) is 5. The van der Waals surface area contributed by atoms with E-state index in [1.54, 1.807) is 12.1 Å². The highest BCUT2D eigenvalue weighted by atomic mass is 79.9. The van der Waals surface area contributed by atoms with Gasteiger partial charge in [0.1, 0.15) is 24.8 Å². The second-order valence-electron chi connectivity index (χ2n) is 8.49. The molecule has 0 radical (unpaired) electrons. The number of ether oxygens (including phenoxy) is 2. The fraction of sp³-hybridized carbons (Fsp3) is 0.579. The Hall–Kier alpha value is -0.973. The third kappa shape index (κ3) is 5.59. The van der Waals surface area contributed by atoms with E-state index >= 15 is 0 Å². The number of carbonyl (C=O) groups excluding carboxylic acids is 1. The van der Waals surface area contributed by atoms with E-state index in [0.717, 1.165) is 6.04 Å². The summed E-state index contributed by atoms with van der Waals surface area (Å²) < 4.78 is 40.1. The summed E-state index contributed by atoms with van der Waals surface area (Å²) in [6, 6.07) is 5.39. The Bertz CT molecular complexity index is 808. The van der Waals surface area contributed by atoms with E-state index in [0.29, 0.717) is 17.5 Å². The van der Waals surface area contributed by atoms with Gasteiger partial charge >= 0.3 is 6.09 Å². The van der Waals surface area contributed by atoms with Crippen molar-refractivity contribution < 1.29 is 23.0 Å². The van der Waals surface area contributed by atoms with E-state index in [9.17, 15) is 13.6 Å². The number of fused-ring (bicyclic) bond motifs is 1. The molecular formula is C19H25BrF2N2O3SSi. The third-order valence-corrected chi connectivity index (χ3v) is 8.38. The van der Waals surface area contributed by atoms with Gasteiger partial charge in [0.15, 0.2) is 0 Å². The Morgan fingerprint density at radius 3 is 2.90 bits per heavy atom. The minimum atomic E-state index is -1.37. The van der Waals surface area contributed by atoms with E-state index in [-0.39, 0.29) is 28.7 Å². The quantitative estimate of drug-likeness (QED) is 0.310. The maximum absolute atomic E-state index is 14.5. The number of nitrogens with one attached hydrogen (secondary N) is 1. The fourth-order valence-electron chi connectivity index (χ4n) is 3.22. The summed E-state index contributed by atoms with van der Waals surface area (Å²) in [4.78, 5) is 16.4. The number of halogens is 3. The molecule has 1 aliphatic carbocycles. The highest BCUT2D eigenvalue weighted by Crippen LogP contribution is 2.58. The minimum absolute atomic E-state index is 0.0296. The number of alkyl carbamates (subject to hydrolysis) is 1. The summed E-state index contributed by atoms with van der Waals surface area (Å²) in [6.07, 6.45) is -0.0240. The van der Waals surface area contributed by atoms with E-state index in [1.807, 2.05) is 0 Å². The highest BCUT2D eigenvalue weighted by molar-refractivity contribution is 9.10. The predicted molar refractivity (Wildman–Crippen MR) is 117 cm³/mol. The molecule has 0 spiro atoms. The van der Waals surface area contributed by atoms with Gasteiger partial charge in [0, 0.05) is 35.9 Å². The average Bonchev–Trinajstić information content (AvgIpc) is 3.41. The number of alkyl halides is 1. The van der Waals surface area contributed by atoms with Gasteiger partial charge in [-0.25, -0.2) is 18.6 Å². The first-order valence-corrected chi connectivity index (χ1v) is 14.8. The van der Waals surface area contributed by atoms with Crippen LogP contribution in [0.3, 0.4) is 0 Å². The molecule has 0 bridgehead atoms. The van der Waals surface area contributed by atoms with Gasteiger partial charge in [-0.2, -0.15) is 0 Å². The Kier molecular flexibility index (Phi) is 7.07. The molecule has 10 heteroatoms. The van der Waals surface area contributed by atoms with Gasteiger partial charge in [-0.1, -0.05) is 47.3 Å². The van der Waals surface area contributed by atoms with E-state index in [1.165, 1.54) is 17.8 Å². The number of nitrogens with zero attached hydrogens (tertiary/aromatic N) is 1. The zero-order chi connectivity index (χ0) is 21.2. The van der Waals surface area contributed by atoms with Crippen LogP contribution < -0.4 is 5.32 Å². The van der Waals surface area contributed by atoms with Gasteiger partial charge in [-0.3, -0.25) is 5.32 Å². The molecule has 1 aliphatic heterocycles. The molecule has 3 rings (SSSR count). The van der Waals surface area contributed by atoms with Crippen LogP contribution in [0.4, 0.5) is 13.6 Å². The predicted octanol–water partition coefficient (Wildman–Crippen LogP) is 5.28. The summed E-state index contributed by atoms with van der Waals surface area (Å²) in [6.45, 7) is 6.47. The van der Waals surface area contributed by atoms with Crippen molar-refractivity contribution in [3.63, 3.8) is 0 Å². The minimum Gasteiger partial charge on any atom is -0.385 e. The second-order valence-corrected chi connectivity index (χ2v) is 16.2. The lowest BCUT2D eigenvalue weighted by Crippen LogP contribution is -2.37. The van der Waals surface area contributed by atoms with Crippen LogP contribution in [0.15, 0.2) is 27.7 Å². The van der Waals surface area contributed by atoms with E-state index in [2.05, 4.69) is 45.9 Å². The third-order valence-electron chi connectivity index (χ3n) is 4.98. The monoisotopic (exact) mass is 506 g/mol. The molecule has 5 nitrogen and oxygen atoms in total. The summed E-state index contributed by atoms with van der Waals surface area (Å²) in [5.74, 6) is -0.645. The van der Waals surface area contributed by atoms with Gasteiger partial charge in [0.2, 0.25) is 0 Å². The Labute approximate surface area is 183 Å². The van der Waals surface area contributed by atoms with Crippen molar-refractivity contribution in [2.75, 3.05) is 20.0 Å². The lowest BCUT2D eigenvalue weighted by Gasteiger charge is -2.31. The molecule has 0 unspecified atom stereocenters. The first-order chi connectivity index (χ1) is 13.6. The van der Waals surface area contributed by atoms with Gasteiger partial charge in [-0.05, 0) is 30.7 Å². The van der Waals surface area contributed by atoms with Gasteiger partial charge in [0.05, 0.1) is 0 Å². The van der Waals surface area contributed by atoms with Crippen molar-refractivity contribution in [1.82, 2.24) is 5.32 Å². The molecule has 1 amide bonds. The number of carbonyl (C=O) groups is 1. The number of benzene rings is 1. The molecule has 29 heavy (non-hydrogen) atoms. The fourth-order valence-corrected chi connectivity index (χ4v) is 5.63. The molecule has 1 heterocycles. The SMILES string of the molecule is C[Si](C)(C)CCOCNC(=O)OC1=N[C@](CF)(c2cc(Br)ccc2F)[C@@H]2C[C@@H]2S1. The van der Waals surface area contributed by atoms with Crippen molar-refractivity contribution in [3.05, 3.63) is 34.1 Å². The Morgan fingerprint density at radius 2 is 2.21 bits per heavy atom. The second kappa shape index (κ2) is 9.03. The molecule has 160 valence electrons. The van der Waals surface area contributed by atoms with E-state index in [4.69, 9.17) is 9.47 Å². The van der Waals surface area contributed by atoms with E-state index < -0.39 is 32.2 Å². The lowest BCUT2D eigenvalue weighted by molar-refractivity contribution is 0.120. The van der Waals surface area contributed by atoms with Crippen molar-refractivity contribution in [3.8, 4) is 0 Å². The summed E-state index contributed by atoms with van der Waals surface area (Å²) in [5.41, 5.74) is -1.19. The molecule has 1 aromatic carbocycles. The van der Waals surface area contributed by atoms with Crippen molar-refractivity contribution >= 4 is 47.1 Å². The largest absolute Gasteiger partial charge is 0.416 e. The molecule has 1 saturated carbocycles. The summed E-state index contributed by atoms with van der Waals surface area (Å²) >= 11 is 4.60. The maximum Gasteiger partial charge on any atom is 0.416 e. The van der Waals surface area contributed by atoms with Crippen molar-refractivity contribution in [1.29, 1.82) is 0 Å². The van der Waals surface area contributed by atoms with Crippen LogP contribution in [0.25, 0.3) is 0 Å². The molecule has 0 aromatic heterocycles. The van der Waals surface area contributed by atoms with Crippen LogP contribution in [-0.2, 0) is 15.0 Å². The summed E-state index contributed by atoms with van der Waals surface area (Å²) in [5, 5.41) is 2.62. The Morgan fingerprint density at radius 1 is 1.45 bits per heavy atom. The van der Waals surface area contributed by atoms with Crippen LogP contribution >= 0.6 is 27.7 Å². The average molecular weight is 507 g/mol. The first kappa shape index (κ1) is 22.7. The van der Waals surface area contributed by atoms with Gasteiger partial charge in [-0.15, -0.1) is 0 Å². The number of amides is 1.